The molecule has 0 saturated carbocycles. The summed E-state index contributed by atoms with van der Waals surface area (Å²) in [5, 5.41) is 0. The van der Waals surface area contributed by atoms with Crippen LogP contribution in [0.5, 0.6) is 0 Å². The van der Waals surface area contributed by atoms with Crippen LogP contribution in [-0.4, -0.2) is 26.5 Å². The topological polar surface area (TPSA) is 46.2 Å². The smallest absolute Gasteiger partial charge is 0.211 e. The van der Waals surface area contributed by atoms with Gasteiger partial charge in [-0.2, -0.15) is 11.8 Å². The van der Waals surface area contributed by atoms with Gasteiger partial charge in [0.05, 0.1) is 9.37 Å². The van der Waals surface area contributed by atoms with Crippen LogP contribution in [-0.2, 0) is 10.0 Å². The Balaban J connectivity index is 2.02. The second-order valence-corrected chi connectivity index (χ2v) is 8.33. The van der Waals surface area contributed by atoms with Crippen LogP contribution in [0.2, 0.25) is 0 Å². The van der Waals surface area contributed by atoms with Crippen molar-refractivity contribution in [2.75, 3.05) is 18.1 Å². The lowest BCUT2D eigenvalue weighted by atomic mass is 10.0. The average Bonchev–Trinajstić information content (AvgIpc) is 2.41. The largest absolute Gasteiger partial charge is 0.240 e. The summed E-state index contributed by atoms with van der Waals surface area (Å²) in [6, 6.07) is 3.83. The number of hydrogen-bond acceptors (Lipinski definition) is 3. The van der Waals surface area contributed by atoms with Crippen molar-refractivity contribution in [2.24, 2.45) is 5.92 Å². The van der Waals surface area contributed by atoms with Crippen LogP contribution in [0.4, 0.5) is 4.39 Å². The summed E-state index contributed by atoms with van der Waals surface area (Å²) < 4.78 is 40.3. The molecule has 0 aromatic heterocycles. The van der Waals surface area contributed by atoms with Crippen LogP contribution in [0.3, 0.4) is 0 Å². The third-order valence-electron chi connectivity index (χ3n) is 3.10. The van der Waals surface area contributed by atoms with Crippen molar-refractivity contribution in [1.29, 1.82) is 0 Å². The first kappa shape index (κ1) is 15.3. The van der Waals surface area contributed by atoms with E-state index in [1.807, 2.05) is 11.8 Å². The lowest BCUT2D eigenvalue weighted by molar-refractivity contribution is 0.476. The van der Waals surface area contributed by atoms with E-state index in [1.165, 1.54) is 12.1 Å². The summed E-state index contributed by atoms with van der Waals surface area (Å²) in [6.45, 7) is 0.431. The monoisotopic (exact) mass is 367 g/mol. The number of hydrogen-bond donors (Lipinski definition) is 1. The van der Waals surface area contributed by atoms with Crippen molar-refractivity contribution in [3.05, 3.63) is 28.5 Å². The molecule has 0 unspecified atom stereocenters. The van der Waals surface area contributed by atoms with Crippen LogP contribution < -0.4 is 4.72 Å². The molecule has 1 fully saturated rings. The van der Waals surface area contributed by atoms with E-state index in [0.717, 1.165) is 30.4 Å². The van der Waals surface area contributed by atoms with E-state index in [-0.39, 0.29) is 9.37 Å². The molecular weight excluding hydrogens is 353 g/mol. The Hall–Kier alpha value is -0.110. The minimum Gasteiger partial charge on any atom is -0.211 e. The average molecular weight is 368 g/mol. The number of thioether (sulfide) groups is 1. The fourth-order valence-electron chi connectivity index (χ4n) is 1.91. The van der Waals surface area contributed by atoms with Gasteiger partial charge in [-0.05, 0) is 64.4 Å². The van der Waals surface area contributed by atoms with E-state index in [1.54, 1.807) is 0 Å². The van der Waals surface area contributed by atoms with Gasteiger partial charge < -0.3 is 0 Å². The summed E-state index contributed by atoms with van der Waals surface area (Å²) in [5.74, 6) is 1.98. The number of benzene rings is 1. The molecular formula is C12H15BrFNO2S2. The molecule has 0 radical (unpaired) electrons. The Kier molecular flexibility index (Phi) is 5.28. The molecule has 1 aliphatic heterocycles. The fourth-order valence-corrected chi connectivity index (χ4v) is 4.48. The zero-order chi connectivity index (χ0) is 13.9. The molecule has 7 heteroatoms. The molecule has 1 aromatic carbocycles. The van der Waals surface area contributed by atoms with Gasteiger partial charge in [0, 0.05) is 6.54 Å². The molecule has 106 valence electrons. The number of rotatable bonds is 4. The van der Waals surface area contributed by atoms with E-state index in [4.69, 9.17) is 0 Å². The second-order valence-electron chi connectivity index (χ2n) is 4.48. The zero-order valence-corrected chi connectivity index (χ0v) is 13.5. The van der Waals surface area contributed by atoms with E-state index < -0.39 is 15.8 Å². The van der Waals surface area contributed by atoms with Gasteiger partial charge >= 0.3 is 0 Å². The maximum Gasteiger partial charge on any atom is 0.240 e. The van der Waals surface area contributed by atoms with Gasteiger partial charge in [0.25, 0.3) is 0 Å². The lowest BCUT2D eigenvalue weighted by Crippen LogP contribution is -2.31. The van der Waals surface area contributed by atoms with Crippen molar-refractivity contribution < 1.29 is 12.8 Å². The third kappa shape index (κ3) is 4.18. The highest BCUT2D eigenvalue weighted by Crippen LogP contribution is 2.23. The molecule has 0 atom stereocenters. The summed E-state index contributed by atoms with van der Waals surface area (Å²) in [6.07, 6.45) is 2.06. The quantitative estimate of drug-likeness (QED) is 0.889. The number of nitrogens with one attached hydrogen (secondary N) is 1. The van der Waals surface area contributed by atoms with Crippen LogP contribution in [0.25, 0.3) is 0 Å². The lowest BCUT2D eigenvalue weighted by Gasteiger charge is -2.21. The SMILES string of the molecule is O=S(=O)(NCC1CCSCC1)c1ccc(Br)c(F)c1. The molecule has 0 aliphatic carbocycles. The molecule has 0 spiro atoms. The van der Waals surface area contributed by atoms with Crippen molar-refractivity contribution in [3.8, 4) is 0 Å². The van der Waals surface area contributed by atoms with Gasteiger partial charge in [-0.15, -0.1) is 0 Å². The van der Waals surface area contributed by atoms with E-state index >= 15 is 0 Å². The van der Waals surface area contributed by atoms with Crippen molar-refractivity contribution in [1.82, 2.24) is 4.72 Å². The summed E-state index contributed by atoms with van der Waals surface area (Å²) in [4.78, 5) is -0.0293. The zero-order valence-electron chi connectivity index (χ0n) is 10.2. The first-order valence-electron chi connectivity index (χ1n) is 6.01. The van der Waals surface area contributed by atoms with Gasteiger partial charge in [0.2, 0.25) is 10.0 Å². The Labute approximate surface area is 125 Å². The van der Waals surface area contributed by atoms with Gasteiger partial charge in [-0.3, -0.25) is 0 Å². The standard InChI is InChI=1S/C12H15BrFNO2S2/c13-11-2-1-10(7-12(11)14)19(16,17)15-8-9-3-5-18-6-4-9/h1-2,7,9,15H,3-6,8H2. The molecule has 1 N–H and O–H groups in total. The Morgan fingerprint density at radius 2 is 2.05 bits per heavy atom. The molecule has 1 aromatic rings. The molecule has 1 saturated heterocycles. The van der Waals surface area contributed by atoms with Gasteiger partial charge in [0.15, 0.2) is 0 Å². The molecule has 2 rings (SSSR count). The molecule has 1 heterocycles. The molecule has 1 aliphatic rings. The van der Waals surface area contributed by atoms with E-state index in [2.05, 4.69) is 20.7 Å². The second kappa shape index (κ2) is 6.56. The van der Waals surface area contributed by atoms with E-state index in [0.29, 0.717) is 12.5 Å². The van der Waals surface area contributed by atoms with E-state index in [9.17, 15) is 12.8 Å². The van der Waals surface area contributed by atoms with Crippen LogP contribution in [0.15, 0.2) is 27.6 Å². The number of sulfonamides is 1. The molecule has 19 heavy (non-hydrogen) atoms. The maximum absolute atomic E-state index is 13.4. The van der Waals surface area contributed by atoms with Crippen molar-refractivity contribution in [2.45, 2.75) is 17.7 Å². The summed E-state index contributed by atoms with van der Waals surface area (Å²) in [5.41, 5.74) is 0. The maximum atomic E-state index is 13.4. The number of halogens is 2. The Morgan fingerprint density at radius 1 is 1.37 bits per heavy atom. The third-order valence-corrected chi connectivity index (χ3v) is 6.22. The summed E-state index contributed by atoms with van der Waals surface area (Å²) in [7, 11) is -3.62. The van der Waals surface area contributed by atoms with Crippen molar-refractivity contribution >= 4 is 37.7 Å². The first-order valence-corrected chi connectivity index (χ1v) is 9.44. The highest BCUT2D eigenvalue weighted by atomic mass is 79.9. The summed E-state index contributed by atoms with van der Waals surface area (Å²) >= 11 is 4.91. The van der Waals surface area contributed by atoms with Crippen LogP contribution in [0, 0.1) is 11.7 Å². The molecule has 0 amide bonds. The highest BCUT2D eigenvalue weighted by Gasteiger charge is 2.19. The fraction of sp³-hybridized carbons (Fsp3) is 0.500. The van der Waals surface area contributed by atoms with Gasteiger partial charge in [0.1, 0.15) is 5.82 Å². The predicted octanol–water partition coefficient (Wildman–Crippen LogP) is 3.01. The predicted molar refractivity (Wildman–Crippen MR) is 79.3 cm³/mol. The minimum absolute atomic E-state index is 0.0293. The van der Waals surface area contributed by atoms with Crippen LogP contribution in [0.1, 0.15) is 12.8 Å². The first-order chi connectivity index (χ1) is 8.99. The Bertz CT molecular complexity index is 545. The highest BCUT2D eigenvalue weighted by molar-refractivity contribution is 9.10. The normalized spacial score (nSPS) is 17.6. The van der Waals surface area contributed by atoms with Crippen molar-refractivity contribution in [3.63, 3.8) is 0 Å². The Morgan fingerprint density at radius 3 is 2.68 bits per heavy atom. The minimum atomic E-state index is -3.62. The molecule has 3 nitrogen and oxygen atoms in total. The van der Waals surface area contributed by atoms with Gasteiger partial charge in [-0.25, -0.2) is 17.5 Å². The molecule has 0 bridgehead atoms. The van der Waals surface area contributed by atoms with Gasteiger partial charge in [-0.1, -0.05) is 0 Å². The van der Waals surface area contributed by atoms with Crippen LogP contribution >= 0.6 is 27.7 Å².